The first-order chi connectivity index (χ1) is 7.79. The van der Waals surface area contributed by atoms with Crippen LogP contribution in [0.3, 0.4) is 0 Å². The van der Waals surface area contributed by atoms with Gasteiger partial charge >= 0.3 is 0 Å². The van der Waals surface area contributed by atoms with Crippen LogP contribution in [-0.2, 0) is 0 Å². The lowest BCUT2D eigenvalue weighted by molar-refractivity contribution is 0.253. The Bertz CT molecular complexity index is 445. The van der Waals surface area contributed by atoms with Crippen molar-refractivity contribution in [1.82, 2.24) is 0 Å². The van der Waals surface area contributed by atoms with Gasteiger partial charge in [-0.05, 0) is 13.0 Å². The SMILES string of the molecule is Cc1ccc(-c2ccc(OCCN)o2)cc1. The third-order valence-corrected chi connectivity index (χ3v) is 2.28. The Balaban J connectivity index is 2.15. The minimum atomic E-state index is 0.473. The maximum Gasteiger partial charge on any atom is 0.284 e. The summed E-state index contributed by atoms with van der Waals surface area (Å²) in [5.41, 5.74) is 7.62. The van der Waals surface area contributed by atoms with E-state index in [9.17, 15) is 0 Å². The molecule has 84 valence electrons. The number of hydrogen-bond donors (Lipinski definition) is 1. The van der Waals surface area contributed by atoms with E-state index in [0.717, 1.165) is 11.3 Å². The first kappa shape index (κ1) is 10.8. The molecule has 1 aromatic heterocycles. The maximum atomic E-state index is 5.53. The van der Waals surface area contributed by atoms with Crippen molar-refractivity contribution in [2.45, 2.75) is 6.92 Å². The fourth-order valence-corrected chi connectivity index (χ4v) is 1.43. The zero-order valence-electron chi connectivity index (χ0n) is 9.27. The summed E-state index contributed by atoms with van der Waals surface area (Å²) >= 11 is 0. The highest BCUT2D eigenvalue weighted by atomic mass is 16.6. The van der Waals surface area contributed by atoms with Gasteiger partial charge in [0.25, 0.3) is 5.95 Å². The molecule has 0 amide bonds. The van der Waals surface area contributed by atoms with Crippen molar-refractivity contribution in [3.63, 3.8) is 0 Å². The van der Waals surface area contributed by atoms with Crippen molar-refractivity contribution in [3.05, 3.63) is 42.0 Å². The summed E-state index contributed by atoms with van der Waals surface area (Å²) < 4.78 is 10.8. The molecule has 3 heteroatoms. The molecule has 2 N–H and O–H groups in total. The van der Waals surface area contributed by atoms with E-state index in [1.807, 2.05) is 24.3 Å². The lowest BCUT2D eigenvalue weighted by atomic mass is 10.1. The highest BCUT2D eigenvalue weighted by molar-refractivity contribution is 5.58. The Labute approximate surface area is 94.8 Å². The van der Waals surface area contributed by atoms with Crippen molar-refractivity contribution in [2.24, 2.45) is 5.73 Å². The maximum absolute atomic E-state index is 5.53. The predicted molar refractivity (Wildman–Crippen MR) is 63.4 cm³/mol. The van der Waals surface area contributed by atoms with Crippen LogP contribution in [0.25, 0.3) is 11.3 Å². The molecule has 0 aliphatic rings. The van der Waals surface area contributed by atoms with E-state index in [0.29, 0.717) is 19.1 Å². The molecule has 0 fully saturated rings. The van der Waals surface area contributed by atoms with Gasteiger partial charge in [-0.15, -0.1) is 0 Å². The third kappa shape index (κ3) is 2.44. The number of hydrogen-bond acceptors (Lipinski definition) is 3. The van der Waals surface area contributed by atoms with E-state index in [2.05, 4.69) is 19.1 Å². The molecule has 2 aromatic rings. The molecule has 0 unspecified atom stereocenters. The van der Waals surface area contributed by atoms with Gasteiger partial charge in [-0.25, -0.2) is 0 Å². The van der Waals surface area contributed by atoms with E-state index in [-0.39, 0.29) is 0 Å². The number of aryl methyl sites for hydroxylation is 1. The molecule has 3 nitrogen and oxygen atoms in total. The van der Waals surface area contributed by atoms with Crippen LogP contribution >= 0.6 is 0 Å². The molecule has 0 bridgehead atoms. The van der Waals surface area contributed by atoms with Gasteiger partial charge in [-0.1, -0.05) is 29.8 Å². The van der Waals surface area contributed by atoms with Crippen molar-refractivity contribution in [1.29, 1.82) is 0 Å². The zero-order valence-corrected chi connectivity index (χ0v) is 9.27. The number of ether oxygens (including phenoxy) is 1. The molecule has 0 radical (unpaired) electrons. The topological polar surface area (TPSA) is 48.4 Å². The molecule has 0 saturated carbocycles. The molecule has 0 atom stereocenters. The molecular weight excluding hydrogens is 202 g/mol. The van der Waals surface area contributed by atoms with Crippen LogP contribution in [-0.4, -0.2) is 13.2 Å². The van der Waals surface area contributed by atoms with Gasteiger partial charge in [0, 0.05) is 18.2 Å². The molecule has 1 aromatic carbocycles. The molecule has 0 aliphatic carbocycles. The summed E-state index contributed by atoms with van der Waals surface area (Å²) in [6.07, 6.45) is 0. The van der Waals surface area contributed by atoms with Gasteiger partial charge in [-0.2, -0.15) is 0 Å². The van der Waals surface area contributed by atoms with Gasteiger partial charge in [0.1, 0.15) is 12.4 Å². The summed E-state index contributed by atoms with van der Waals surface area (Å²) in [4.78, 5) is 0. The fraction of sp³-hybridized carbons (Fsp3) is 0.231. The van der Waals surface area contributed by atoms with E-state index >= 15 is 0 Å². The largest absolute Gasteiger partial charge is 0.464 e. The normalized spacial score (nSPS) is 10.4. The van der Waals surface area contributed by atoms with Crippen LogP contribution in [0.15, 0.2) is 40.8 Å². The quantitative estimate of drug-likeness (QED) is 0.856. The number of nitrogens with two attached hydrogens (primary N) is 1. The molecular formula is C13H15NO2. The Morgan fingerprint density at radius 2 is 1.88 bits per heavy atom. The lowest BCUT2D eigenvalue weighted by Gasteiger charge is -2.00. The smallest absolute Gasteiger partial charge is 0.284 e. The fourth-order valence-electron chi connectivity index (χ4n) is 1.43. The van der Waals surface area contributed by atoms with Gasteiger partial charge in [0.05, 0.1) is 0 Å². The van der Waals surface area contributed by atoms with Crippen LogP contribution in [0.5, 0.6) is 5.95 Å². The van der Waals surface area contributed by atoms with E-state index < -0.39 is 0 Å². The first-order valence-corrected chi connectivity index (χ1v) is 5.29. The molecule has 2 rings (SSSR count). The molecule has 0 spiro atoms. The second-order valence-corrected chi connectivity index (χ2v) is 3.62. The Morgan fingerprint density at radius 3 is 2.56 bits per heavy atom. The van der Waals surface area contributed by atoms with Crippen LogP contribution in [0.1, 0.15) is 5.56 Å². The summed E-state index contributed by atoms with van der Waals surface area (Å²) in [7, 11) is 0. The third-order valence-electron chi connectivity index (χ3n) is 2.28. The number of benzene rings is 1. The standard InChI is InChI=1S/C13H15NO2/c1-10-2-4-11(5-3-10)12-6-7-13(16-12)15-9-8-14/h2-7H,8-9,14H2,1H3. The van der Waals surface area contributed by atoms with Crippen molar-refractivity contribution in [2.75, 3.05) is 13.2 Å². The minimum absolute atomic E-state index is 0.473. The van der Waals surface area contributed by atoms with Gasteiger partial charge < -0.3 is 14.9 Å². The first-order valence-electron chi connectivity index (χ1n) is 5.29. The summed E-state index contributed by atoms with van der Waals surface area (Å²) in [6.45, 7) is 3.02. The summed E-state index contributed by atoms with van der Waals surface area (Å²) in [6, 6.07) is 11.9. The highest BCUT2D eigenvalue weighted by Crippen LogP contribution is 2.26. The van der Waals surface area contributed by atoms with Crippen LogP contribution in [0.2, 0.25) is 0 Å². The summed E-state index contributed by atoms with van der Waals surface area (Å²) in [5, 5.41) is 0. The van der Waals surface area contributed by atoms with E-state index in [1.54, 1.807) is 0 Å². The second kappa shape index (κ2) is 4.86. The van der Waals surface area contributed by atoms with Gasteiger partial charge in [0.15, 0.2) is 0 Å². The second-order valence-electron chi connectivity index (χ2n) is 3.62. The average Bonchev–Trinajstić information content (AvgIpc) is 2.76. The highest BCUT2D eigenvalue weighted by Gasteiger charge is 2.04. The minimum Gasteiger partial charge on any atom is -0.464 e. The number of rotatable bonds is 4. The van der Waals surface area contributed by atoms with Crippen molar-refractivity contribution < 1.29 is 9.15 Å². The van der Waals surface area contributed by atoms with E-state index in [4.69, 9.17) is 14.9 Å². The zero-order chi connectivity index (χ0) is 11.4. The van der Waals surface area contributed by atoms with Crippen LogP contribution in [0.4, 0.5) is 0 Å². The molecule has 0 aliphatic heterocycles. The van der Waals surface area contributed by atoms with Gasteiger partial charge in [-0.3, -0.25) is 0 Å². The number of furan rings is 1. The van der Waals surface area contributed by atoms with Crippen LogP contribution in [0, 0.1) is 6.92 Å². The molecule has 0 saturated heterocycles. The Hall–Kier alpha value is -1.74. The molecule has 1 heterocycles. The average molecular weight is 217 g/mol. The van der Waals surface area contributed by atoms with Crippen molar-refractivity contribution >= 4 is 0 Å². The van der Waals surface area contributed by atoms with Crippen LogP contribution < -0.4 is 10.5 Å². The Morgan fingerprint density at radius 1 is 1.12 bits per heavy atom. The molecule has 16 heavy (non-hydrogen) atoms. The summed E-state index contributed by atoms with van der Waals surface area (Å²) in [5.74, 6) is 1.33. The van der Waals surface area contributed by atoms with E-state index in [1.165, 1.54) is 5.56 Å². The Kier molecular flexibility index (Phi) is 3.27. The monoisotopic (exact) mass is 217 g/mol. The van der Waals surface area contributed by atoms with Gasteiger partial charge in [0.2, 0.25) is 0 Å². The van der Waals surface area contributed by atoms with Crippen molar-refractivity contribution in [3.8, 4) is 17.3 Å². The predicted octanol–water partition coefficient (Wildman–Crippen LogP) is 2.59. The lowest BCUT2D eigenvalue weighted by Crippen LogP contribution is -2.10.